The van der Waals surface area contributed by atoms with Crippen molar-refractivity contribution in [2.75, 3.05) is 0 Å². The molecule has 3 heteroatoms. The lowest BCUT2D eigenvalue weighted by Gasteiger charge is -2.17. The first kappa shape index (κ1) is 10.9. The third kappa shape index (κ3) is 1.78. The average molecular weight is 234 g/mol. The molecule has 0 N–H and O–H groups in total. The third-order valence-electron chi connectivity index (χ3n) is 3.90. The van der Waals surface area contributed by atoms with Crippen LogP contribution in [0.4, 0.5) is 4.39 Å². The van der Waals surface area contributed by atoms with E-state index in [1.165, 1.54) is 6.07 Å². The molecule has 3 rings (SSSR count). The van der Waals surface area contributed by atoms with Gasteiger partial charge < -0.3 is 4.74 Å². The van der Waals surface area contributed by atoms with Gasteiger partial charge in [-0.2, -0.15) is 0 Å². The second-order valence-corrected chi connectivity index (χ2v) is 5.04. The van der Waals surface area contributed by atoms with Crippen LogP contribution in [0.1, 0.15) is 35.2 Å². The molecule has 17 heavy (non-hydrogen) atoms. The zero-order valence-corrected chi connectivity index (χ0v) is 9.78. The molecule has 3 unspecified atom stereocenters. The summed E-state index contributed by atoms with van der Waals surface area (Å²) in [6, 6.07) is 4.73. The Morgan fingerprint density at radius 1 is 1.41 bits per heavy atom. The van der Waals surface area contributed by atoms with Gasteiger partial charge in [-0.05, 0) is 37.8 Å². The SMILES string of the molecule is Cc1ccc(C(=O)C2CC3CCC2O3)cc1F. The molecule has 2 fully saturated rings. The summed E-state index contributed by atoms with van der Waals surface area (Å²) in [7, 11) is 0. The number of carbonyl (C=O) groups excluding carboxylic acids is 1. The van der Waals surface area contributed by atoms with Gasteiger partial charge >= 0.3 is 0 Å². The lowest BCUT2D eigenvalue weighted by molar-refractivity contribution is 0.0743. The Morgan fingerprint density at radius 2 is 2.24 bits per heavy atom. The van der Waals surface area contributed by atoms with Crippen LogP contribution in [0, 0.1) is 18.7 Å². The Kier molecular flexibility index (Phi) is 2.51. The molecule has 2 heterocycles. The molecule has 1 aromatic rings. The molecule has 0 spiro atoms. The number of rotatable bonds is 2. The molecular weight excluding hydrogens is 219 g/mol. The highest BCUT2D eigenvalue weighted by molar-refractivity contribution is 5.98. The van der Waals surface area contributed by atoms with Crippen LogP contribution in [-0.4, -0.2) is 18.0 Å². The lowest BCUT2D eigenvalue weighted by Crippen LogP contribution is -2.25. The fourth-order valence-corrected chi connectivity index (χ4v) is 2.87. The van der Waals surface area contributed by atoms with Gasteiger partial charge in [-0.3, -0.25) is 4.79 Å². The molecule has 0 aromatic heterocycles. The Bertz CT molecular complexity index is 469. The van der Waals surface area contributed by atoms with Crippen LogP contribution in [-0.2, 0) is 4.74 Å². The van der Waals surface area contributed by atoms with E-state index in [2.05, 4.69) is 0 Å². The molecule has 1 aromatic carbocycles. The molecular formula is C14H15FO2. The maximum absolute atomic E-state index is 13.4. The second kappa shape index (κ2) is 3.91. The molecule has 2 aliphatic heterocycles. The highest BCUT2D eigenvalue weighted by Gasteiger charge is 2.44. The summed E-state index contributed by atoms with van der Waals surface area (Å²) in [6.45, 7) is 1.70. The minimum atomic E-state index is -0.306. The number of benzene rings is 1. The maximum atomic E-state index is 13.4. The molecule has 0 amide bonds. The van der Waals surface area contributed by atoms with Crippen molar-refractivity contribution in [3.05, 3.63) is 35.1 Å². The van der Waals surface area contributed by atoms with Crippen molar-refractivity contribution in [1.82, 2.24) is 0 Å². The van der Waals surface area contributed by atoms with E-state index in [9.17, 15) is 9.18 Å². The van der Waals surface area contributed by atoms with E-state index in [0.29, 0.717) is 11.1 Å². The summed E-state index contributed by atoms with van der Waals surface area (Å²) in [5.41, 5.74) is 1.06. The standard InChI is InChI=1S/C14H15FO2/c1-8-2-3-9(6-12(8)15)14(16)11-7-10-4-5-13(11)17-10/h2-3,6,10-11,13H,4-5,7H2,1H3. The van der Waals surface area contributed by atoms with E-state index in [0.717, 1.165) is 19.3 Å². The normalized spacial score (nSPS) is 30.8. The van der Waals surface area contributed by atoms with Gasteiger partial charge in [0, 0.05) is 5.56 Å². The summed E-state index contributed by atoms with van der Waals surface area (Å²) < 4.78 is 19.1. The largest absolute Gasteiger partial charge is 0.374 e. The first-order chi connectivity index (χ1) is 8.15. The van der Waals surface area contributed by atoms with E-state index in [-0.39, 0.29) is 29.7 Å². The van der Waals surface area contributed by atoms with E-state index in [1.807, 2.05) is 0 Å². The van der Waals surface area contributed by atoms with Gasteiger partial charge in [0.1, 0.15) is 5.82 Å². The first-order valence-corrected chi connectivity index (χ1v) is 6.11. The van der Waals surface area contributed by atoms with Crippen LogP contribution < -0.4 is 0 Å². The van der Waals surface area contributed by atoms with E-state index >= 15 is 0 Å². The van der Waals surface area contributed by atoms with Crippen LogP contribution >= 0.6 is 0 Å². The van der Waals surface area contributed by atoms with Gasteiger partial charge in [0.25, 0.3) is 0 Å². The Labute approximate surface area is 99.8 Å². The average Bonchev–Trinajstić information content (AvgIpc) is 2.93. The number of Topliss-reactive ketones (excluding diaryl/α,β-unsaturated/α-hetero) is 1. The van der Waals surface area contributed by atoms with Gasteiger partial charge in [0.15, 0.2) is 5.78 Å². The summed E-state index contributed by atoms with van der Waals surface area (Å²) in [5, 5.41) is 0. The van der Waals surface area contributed by atoms with Crippen molar-refractivity contribution in [3.8, 4) is 0 Å². The van der Waals surface area contributed by atoms with Crippen LogP contribution in [0.5, 0.6) is 0 Å². The Morgan fingerprint density at radius 3 is 2.82 bits per heavy atom. The van der Waals surface area contributed by atoms with Gasteiger partial charge in [-0.25, -0.2) is 4.39 Å². The monoisotopic (exact) mass is 234 g/mol. The summed E-state index contributed by atoms with van der Waals surface area (Å²) in [5.74, 6) is -0.327. The second-order valence-electron chi connectivity index (χ2n) is 5.04. The molecule has 90 valence electrons. The number of ether oxygens (including phenoxy) is 1. The van der Waals surface area contributed by atoms with E-state index in [4.69, 9.17) is 4.74 Å². The number of halogens is 1. The van der Waals surface area contributed by atoms with Crippen molar-refractivity contribution in [3.63, 3.8) is 0 Å². The number of hydrogen-bond acceptors (Lipinski definition) is 2. The van der Waals surface area contributed by atoms with Crippen molar-refractivity contribution in [1.29, 1.82) is 0 Å². The first-order valence-electron chi connectivity index (χ1n) is 6.11. The van der Waals surface area contributed by atoms with Gasteiger partial charge in [0.2, 0.25) is 0 Å². The predicted molar refractivity (Wildman–Crippen MR) is 61.5 cm³/mol. The minimum absolute atomic E-state index is 0.0381. The highest BCUT2D eigenvalue weighted by atomic mass is 19.1. The fraction of sp³-hybridized carbons (Fsp3) is 0.500. The smallest absolute Gasteiger partial charge is 0.168 e. The highest BCUT2D eigenvalue weighted by Crippen LogP contribution is 2.40. The van der Waals surface area contributed by atoms with Crippen LogP contribution in [0.2, 0.25) is 0 Å². The fourth-order valence-electron chi connectivity index (χ4n) is 2.87. The number of carbonyl (C=O) groups is 1. The number of fused-ring (bicyclic) bond motifs is 2. The lowest BCUT2D eigenvalue weighted by atomic mass is 9.83. The number of aryl methyl sites for hydroxylation is 1. The Hall–Kier alpha value is -1.22. The number of hydrogen-bond donors (Lipinski definition) is 0. The zero-order chi connectivity index (χ0) is 12.0. The molecule has 0 radical (unpaired) electrons. The zero-order valence-electron chi connectivity index (χ0n) is 9.78. The van der Waals surface area contributed by atoms with Crippen LogP contribution in [0.15, 0.2) is 18.2 Å². The summed E-state index contributed by atoms with van der Waals surface area (Å²) in [4.78, 5) is 12.3. The molecule has 2 bridgehead atoms. The van der Waals surface area contributed by atoms with Crippen molar-refractivity contribution in [2.24, 2.45) is 5.92 Å². The third-order valence-corrected chi connectivity index (χ3v) is 3.90. The minimum Gasteiger partial charge on any atom is -0.374 e. The molecule has 2 nitrogen and oxygen atoms in total. The van der Waals surface area contributed by atoms with Gasteiger partial charge in [-0.1, -0.05) is 12.1 Å². The molecule has 0 saturated carbocycles. The Balaban J connectivity index is 1.84. The van der Waals surface area contributed by atoms with E-state index < -0.39 is 0 Å². The molecule has 0 aliphatic carbocycles. The van der Waals surface area contributed by atoms with Crippen LogP contribution in [0.3, 0.4) is 0 Å². The summed E-state index contributed by atoms with van der Waals surface area (Å²) in [6.07, 6.45) is 3.16. The van der Waals surface area contributed by atoms with Crippen LogP contribution in [0.25, 0.3) is 0 Å². The van der Waals surface area contributed by atoms with E-state index in [1.54, 1.807) is 19.1 Å². The molecule has 2 aliphatic rings. The molecule has 3 atom stereocenters. The van der Waals surface area contributed by atoms with Gasteiger partial charge in [-0.15, -0.1) is 0 Å². The maximum Gasteiger partial charge on any atom is 0.168 e. The summed E-state index contributed by atoms with van der Waals surface area (Å²) >= 11 is 0. The quantitative estimate of drug-likeness (QED) is 0.735. The van der Waals surface area contributed by atoms with Gasteiger partial charge in [0.05, 0.1) is 18.1 Å². The predicted octanol–water partition coefficient (Wildman–Crippen LogP) is 2.88. The van der Waals surface area contributed by atoms with Crippen molar-refractivity contribution in [2.45, 2.75) is 38.4 Å². The van der Waals surface area contributed by atoms with Crippen molar-refractivity contribution >= 4 is 5.78 Å². The van der Waals surface area contributed by atoms with Crippen molar-refractivity contribution < 1.29 is 13.9 Å². The number of ketones is 1. The molecule has 2 saturated heterocycles. The topological polar surface area (TPSA) is 26.3 Å².